The molecular formula is C15H25FN2O2S. The molecule has 0 amide bonds. The fourth-order valence-corrected chi connectivity index (χ4v) is 4.02. The van der Waals surface area contributed by atoms with Crippen molar-refractivity contribution in [2.45, 2.75) is 39.0 Å². The SMILES string of the molecule is CCCN(CC(C)(C)CN)S(=O)(=O)c1cc(F)ccc1C. The first-order valence-corrected chi connectivity index (χ1v) is 8.54. The van der Waals surface area contributed by atoms with E-state index in [4.69, 9.17) is 5.73 Å². The van der Waals surface area contributed by atoms with Gasteiger partial charge in [0.05, 0.1) is 4.90 Å². The summed E-state index contributed by atoms with van der Waals surface area (Å²) in [7, 11) is -3.72. The number of hydrogen-bond acceptors (Lipinski definition) is 3. The summed E-state index contributed by atoms with van der Waals surface area (Å²) in [5, 5.41) is 0. The maximum absolute atomic E-state index is 13.4. The summed E-state index contributed by atoms with van der Waals surface area (Å²) in [5.74, 6) is -0.547. The van der Waals surface area contributed by atoms with E-state index in [9.17, 15) is 12.8 Å². The van der Waals surface area contributed by atoms with Gasteiger partial charge in [0, 0.05) is 13.1 Å². The Morgan fingerprint density at radius 2 is 1.95 bits per heavy atom. The summed E-state index contributed by atoms with van der Waals surface area (Å²) < 4.78 is 40.4. The highest BCUT2D eigenvalue weighted by Crippen LogP contribution is 2.25. The van der Waals surface area contributed by atoms with Gasteiger partial charge in [-0.25, -0.2) is 12.8 Å². The molecule has 0 aliphatic heterocycles. The zero-order valence-electron chi connectivity index (χ0n) is 13.2. The molecule has 0 aromatic heterocycles. The van der Waals surface area contributed by atoms with Crippen LogP contribution in [0.25, 0.3) is 0 Å². The summed E-state index contributed by atoms with van der Waals surface area (Å²) >= 11 is 0. The molecule has 0 saturated carbocycles. The van der Waals surface area contributed by atoms with Crippen molar-refractivity contribution < 1.29 is 12.8 Å². The molecule has 0 radical (unpaired) electrons. The standard InChI is InChI=1S/C15H25FN2O2S/c1-5-8-18(11-15(3,4)10-17)21(19,20)14-9-13(16)7-6-12(14)2/h6-7,9H,5,8,10-11,17H2,1-4H3. The summed E-state index contributed by atoms with van der Waals surface area (Å²) in [6.45, 7) is 8.51. The Morgan fingerprint density at radius 3 is 2.48 bits per heavy atom. The molecule has 21 heavy (non-hydrogen) atoms. The predicted molar refractivity (Wildman–Crippen MR) is 83.0 cm³/mol. The van der Waals surface area contributed by atoms with Crippen molar-refractivity contribution in [3.8, 4) is 0 Å². The van der Waals surface area contributed by atoms with E-state index < -0.39 is 15.8 Å². The molecule has 0 aliphatic carbocycles. The molecule has 0 aliphatic rings. The Labute approximate surface area is 127 Å². The van der Waals surface area contributed by atoms with Crippen LogP contribution in [0.3, 0.4) is 0 Å². The van der Waals surface area contributed by atoms with Gasteiger partial charge in [0.15, 0.2) is 0 Å². The van der Waals surface area contributed by atoms with Gasteiger partial charge < -0.3 is 5.73 Å². The topological polar surface area (TPSA) is 63.4 Å². The first-order chi connectivity index (χ1) is 9.64. The predicted octanol–water partition coefficient (Wildman–Crippen LogP) is 2.52. The van der Waals surface area contributed by atoms with Crippen LogP contribution in [0.5, 0.6) is 0 Å². The molecule has 0 bridgehead atoms. The lowest BCUT2D eigenvalue weighted by Gasteiger charge is -2.31. The second-order valence-electron chi connectivity index (χ2n) is 6.12. The van der Waals surface area contributed by atoms with E-state index in [-0.39, 0.29) is 10.3 Å². The van der Waals surface area contributed by atoms with Gasteiger partial charge in [-0.15, -0.1) is 0 Å². The largest absolute Gasteiger partial charge is 0.330 e. The Bertz CT molecular complexity index is 585. The van der Waals surface area contributed by atoms with E-state index in [1.54, 1.807) is 6.92 Å². The second-order valence-corrected chi connectivity index (χ2v) is 8.02. The van der Waals surface area contributed by atoms with Gasteiger partial charge in [-0.3, -0.25) is 0 Å². The normalized spacial score (nSPS) is 12.9. The van der Waals surface area contributed by atoms with Crippen LogP contribution in [0.15, 0.2) is 23.1 Å². The average Bonchev–Trinajstić information content (AvgIpc) is 2.40. The zero-order valence-corrected chi connectivity index (χ0v) is 14.0. The smallest absolute Gasteiger partial charge is 0.243 e. The van der Waals surface area contributed by atoms with Crippen LogP contribution in [0.4, 0.5) is 4.39 Å². The molecule has 2 N–H and O–H groups in total. The van der Waals surface area contributed by atoms with Crippen molar-refractivity contribution in [1.29, 1.82) is 0 Å². The van der Waals surface area contributed by atoms with Crippen molar-refractivity contribution in [3.05, 3.63) is 29.6 Å². The number of nitrogens with zero attached hydrogens (tertiary/aromatic N) is 1. The number of halogens is 1. The van der Waals surface area contributed by atoms with Gasteiger partial charge in [0.2, 0.25) is 10.0 Å². The highest BCUT2D eigenvalue weighted by Gasteiger charge is 2.30. The highest BCUT2D eigenvalue weighted by atomic mass is 32.2. The van der Waals surface area contributed by atoms with Gasteiger partial charge in [-0.1, -0.05) is 26.8 Å². The summed E-state index contributed by atoms with van der Waals surface area (Å²) in [4.78, 5) is 0.0313. The number of sulfonamides is 1. The first kappa shape index (κ1) is 18.1. The number of nitrogens with two attached hydrogens (primary N) is 1. The lowest BCUT2D eigenvalue weighted by Crippen LogP contribution is -2.42. The minimum atomic E-state index is -3.72. The molecule has 120 valence electrons. The molecule has 4 nitrogen and oxygen atoms in total. The molecule has 6 heteroatoms. The Kier molecular flexibility index (Phi) is 5.90. The third-order valence-electron chi connectivity index (χ3n) is 3.40. The fraction of sp³-hybridized carbons (Fsp3) is 0.600. The van der Waals surface area contributed by atoms with E-state index in [0.717, 1.165) is 6.07 Å². The monoisotopic (exact) mass is 316 g/mol. The van der Waals surface area contributed by atoms with Crippen molar-refractivity contribution in [3.63, 3.8) is 0 Å². The molecule has 1 rings (SSSR count). The fourth-order valence-electron chi connectivity index (χ4n) is 2.07. The third-order valence-corrected chi connectivity index (χ3v) is 5.39. The van der Waals surface area contributed by atoms with Gasteiger partial charge in [-0.2, -0.15) is 4.31 Å². The average molecular weight is 316 g/mol. The lowest BCUT2D eigenvalue weighted by atomic mass is 9.94. The Hall–Kier alpha value is -0.980. The molecule has 1 aromatic rings. The van der Waals surface area contributed by atoms with Crippen LogP contribution in [0, 0.1) is 18.2 Å². The molecule has 0 fully saturated rings. The Balaban J connectivity index is 3.25. The van der Waals surface area contributed by atoms with Crippen LogP contribution < -0.4 is 5.73 Å². The first-order valence-electron chi connectivity index (χ1n) is 7.10. The summed E-state index contributed by atoms with van der Waals surface area (Å²) in [5.41, 5.74) is 5.92. The molecule has 0 unspecified atom stereocenters. The van der Waals surface area contributed by atoms with E-state index in [1.165, 1.54) is 16.4 Å². The minimum Gasteiger partial charge on any atom is -0.330 e. The molecule has 0 heterocycles. The third kappa shape index (κ3) is 4.49. The minimum absolute atomic E-state index is 0.0313. The quantitative estimate of drug-likeness (QED) is 0.840. The van der Waals surface area contributed by atoms with Crippen LogP contribution in [0.2, 0.25) is 0 Å². The number of aryl methyl sites for hydroxylation is 1. The number of hydrogen-bond donors (Lipinski definition) is 1. The van der Waals surface area contributed by atoms with Gasteiger partial charge in [0.1, 0.15) is 5.82 Å². The summed E-state index contributed by atoms with van der Waals surface area (Å²) in [6.07, 6.45) is 0.689. The highest BCUT2D eigenvalue weighted by molar-refractivity contribution is 7.89. The van der Waals surface area contributed by atoms with Crippen molar-refractivity contribution in [2.24, 2.45) is 11.1 Å². The van der Waals surface area contributed by atoms with E-state index in [2.05, 4.69) is 0 Å². The maximum atomic E-state index is 13.4. The summed E-state index contributed by atoms with van der Waals surface area (Å²) in [6, 6.07) is 3.84. The van der Waals surface area contributed by atoms with Crippen LogP contribution in [-0.4, -0.2) is 32.4 Å². The second kappa shape index (κ2) is 6.85. The molecule has 0 spiro atoms. The van der Waals surface area contributed by atoms with Gasteiger partial charge in [-0.05, 0) is 43.0 Å². The number of rotatable bonds is 7. The van der Waals surface area contributed by atoms with Crippen LogP contribution >= 0.6 is 0 Å². The van der Waals surface area contributed by atoms with E-state index in [0.29, 0.717) is 31.6 Å². The van der Waals surface area contributed by atoms with Gasteiger partial charge >= 0.3 is 0 Å². The van der Waals surface area contributed by atoms with Crippen molar-refractivity contribution in [1.82, 2.24) is 4.31 Å². The van der Waals surface area contributed by atoms with Crippen LogP contribution in [-0.2, 0) is 10.0 Å². The van der Waals surface area contributed by atoms with Crippen molar-refractivity contribution >= 4 is 10.0 Å². The van der Waals surface area contributed by atoms with E-state index in [1.807, 2.05) is 20.8 Å². The lowest BCUT2D eigenvalue weighted by molar-refractivity contribution is 0.266. The maximum Gasteiger partial charge on any atom is 0.243 e. The molecular weight excluding hydrogens is 291 g/mol. The molecule has 1 aromatic carbocycles. The van der Waals surface area contributed by atoms with Crippen LogP contribution in [0.1, 0.15) is 32.8 Å². The van der Waals surface area contributed by atoms with Crippen molar-refractivity contribution in [2.75, 3.05) is 19.6 Å². The molecule has 0 saturated heterocycles. The Morgan fingerprint density at radius 1 is 1.33 bits per heavy atom. The zero-order chi connectivity index (χ0) is 16.3. The van der Waals surface area contributed by atoms with E-state index >= 15 is 0 Å². The van der Waals surface area contributed by atoms with Gasteiger partial charge in [0.25, 0.3) is 0 Å². The number of benzene rings is 1. The molecule has 0 atom stereocenters.